The lowest BCUT2D eigenvalue weighted by Gasteiger charge is -2.31. The van der Waals surface area contributed by atoms with Crippen molar-refractivity contribution >= 4 is 21.4 Å². The second-order valence-corrected chi connectivity index (χ2v) is 7.84. The molecule has 9 heteroatoms. The van der Waals surface area contributed by atoms with E-state index in [1.165, 1.54) is 17.0 Å². The van der Waals surface area contributed by atoms with E-state index in [-0.39, 0.29) is 16.6 Å². The van der Waals surface area contributed by atoms with E-state index in [0.717, 1.165) is 19.2 Å². The number of likely N-dealkylation sites (N-methyl/N-ethyl adjacent to an activating group) is 1. The fraction of sp³-hybridized carbons (Fsp3) is 0.571. The van der Waals surface area contributed by atoms with Gasteiger partial charge in [-0.3, -0.25) is 10.1 Å². The number of rotatable bonds is 5. The summed E-state index contributed by atoms with van der Waals surface area (Å²) in [5, 5.41) is 11.4. The van der Waals surface area contributed by atoms with E-state index >= 15 is 0 Å². The van der Waals surface area contributed by atoms with E-state index in [9.17, 15) is 18.5 Å². The molecule has 2 rings (SSSR count). The summed E-state index contributed by atoms with van der Waals surface area (Å²) in [5.41, 5.74) is 0.308. The number of nitrogens with zero attached hydrogens (tertiary/aromatic N) is 2. The maximum atomic E-state index is 12.2. The van der Waals surface area contributed by atoms with Crippen molar-refractivity contribution in [1.82, 2.24) is 4.72 Å². The van der Waals surface area contributed by atoms with Gasteiger partial charge in [-0.15, -0.1) is 0 Å². The van der Waals surface area contributed by atoms with Crippen LogP contribution in [0.2, 0.25) is 0 Å². The molecule has 0 spiro atoms. The van der Waals surface area contributed by atoms with Crippen molar-refractivity contribution in [2.24, 2.45) is 0 Å². The maximum absolute atomic E-state index is 12.2. The Balaban J connectivity index is 2.38. The van der Waals surface area contributed by atoms with Crippen molar-refractivity contribution in [3.8, 4) is 0 Å². The molecule has 0 aromatic heterocycles. The van der Waals surface area contributed by atoms with Crippen LogP contribution < -0.4 is 14.5 Å². The van der Waals surface area contributed by atoms with Gasteiger partial charge in [0.1, 0.15) is 5.69 Å². The molecule has 0 bridgehead atoms. The molecular formula is C14H23N4O4S+. The number of nitrogens with one attached hydrogen (secondary N) is 2. The van der Waals surface area contributed by atoms with E-state index in [4.69, 9.17) is 0 Å². The highest BCUT2D eigenvalue weighted by Crippen LogP contribution is 2.30. The first-order valence-electron chi connectivity index (χ1n) is 7.57. The molecule has 128 valence electrons. The Kier molecular flexibility index (Phi) is 5.23. The largest absolute Gasteiger partial charge is 0.355 e. The number of hydrogen-bond donors (Lipinski definition) is 2. The van der Waals surface area contributed by atoms with Crippen LogP contribution in [0, 0.1) is 10.1 Å². The van der Waals surface area contributed by atoms with Crippen molar-refractivity contribution in [1.29, 1.82) is 0 Å². The molecule has 0 aliphatic carbocycles. The number of benzene rings is 1. The smallest absolute Gasteiger partial charge is 0.293 e. The number of quaternary nitrogens is 1. The highest BCUT2D eigenvalue weighted by molar-refractivity contribution is 7.89. The molecule has 0 amide bonds. The van der Waals surface area contributed by atoms with Crippen molar-refractivity contribution in [3.05, 3.63) is 28.3 Å². The first-order valence-corrected chi connectivity index (χ1v) is 9.06. The molecule has 1 aliphatic heterocycles. The van der Waals surface area contributed by atoms with Gasteiger partial charge in [-0.1, -0.05) is 0 Å². The molecule has 0 unspecified atom stereocenters. The third kappa shape index (κ3) is 4.18. The predicted molar refractivity (Wildman–Crippen MR) is 87.4 cm³/mol. The number of nitro benzene ring substituents is 1. The normalized spacial score (nSPS) is 16.8. The molecule has 2 N–H and O–H groups in total. The summed E-state index contributed by atoms with van der Waals surface area (Å²) in [6.45, 7) is 6.62. The van der Waals surface area contributed by atoms with Crippen LogP contribution in [0.4, 0.5) is 11.4 Å². The summed E-state index contributed by atoms with van der Waals surface area (Å²) in [6.07, 6.45) is 0. The second-order valence-electron chi connectivity index (χ2n) is 6.13. The monoisotopic (exact) mass is 343 g/mol. The lowest BCUT2D eigenvalue weighted by Crippen LogP contribution is -3.12. The van der Waals surface area contributed by atoms with E-state index in [1.54, 1.807) is 13.8 Å². The number of nitro groups is 1. The topological polar surface area (TPSA) is 97.0 Å². The Hall–Kier alpha value is -1.71. The van der Waals surface area contributed by atoms with Crippen LogP contribution in [0.3, 0.4) is 0 Å². The zero-order chi connectivity index (χ0) is 17.2. The third-order valence-corrected chi connectivity index (χ3v) is 5.46. The molecule has 1 saturated heterocycles. The van der Waals surface area contributed by atoms with Gasteiger partial charge in [0.15, 0.2) is 0 Å². The van der Waals surface area contributed by atoms with Crippen molar-refractivity contribution in [3.63, 3.8) is 0 Å². The van der Waals surface area contributed by atoms with Gasteiger partial charge in [0, 0.05) is 12.1 Å². The molecule has 1 aromatic carbocycles. The molecule has 1 aromatic rings. The molecule has 1 fully saturated rings. The van der Waals surface area contributed by atoms with Crippen LogP contribution in [0.5, 0.6) is 0 Å². The predicted octanol–water partition coefficient (Wildman–Crippen LogP) is -0.384. The average Bonchev–Trinajstić information content (AvgIpc) is 2.46. The molecule has 0 atom stereocenters. The van der Waals surface area contributed by atoms with Crippen LogP contribution in [0.1, 0.15) is 13.8 Å². The van der Waals surface area contributed by atoms with Crippen molar-refractivity contribution < 1.29 is 18.2 Å². The SMILES string of the molecule is CC(C)NS(=O)(=O)c1ccc(N2CC[NH+](C)CC2)c([N+](=O)[O-])c1. The molecule has 8 nitrogen and oxygen atoms in total. The van der Waals surface area contributed by atoms with E-state index < -0.39 is 14.9 Å². The summed E-state index contributed by atoms with van der Waals surface area (Å²) in [4.78, 5) is 14.1. The second kappa shape index (κ2) is 6.81. The molecule has 0 saturated carbocycles. The molecule has 23 heavy (non-hydrogen) atoms. The minimum atomic E-state index is -3.75. The van der Waals surface area contributed by atoms with Gasteiger partial charge >= 0.3 is 0 Å². The lowest BCUT2D eigenvalue weighted by atomic mass is 10.2. The maximum Gasteiger partial charge on any atom is 0.293 e. The van der Waals surface area contributed by atoms with Gasteiger partial charge in [0.2, 0.25) is 10.0 Å². The van der Waals surface area contributed by atoms with Crippen LogP contribution in [0.15, 0.2) is 23.1 Å². The molecule has 1 aliphatic rings. The highest BCUT2D eigenvalue weighted by Gasteiger charge is 2.27. The number of anilines is 1. The average molecular weight is 343 g/mol. The summed E-state index contributed by atoms with van der Waals surface area (Å²) in [5.74, 6) is 0. The van der Waals surface area contributed by atoms with Gasteiger partial charge < -0.3 is 9.80 Å². The van der Waals surface area contributed by atoms with E-state index in [2.05, 4.69) is 11.8 Å². The summed E-state index contributed by atoms with van der Waals surface area (Å²) < 4.78 is 26.8. The zero-order valence-electron chi connectivity index (χ0n) is 13.6. The van der Waals surface area contributed by atoms with Crippen LogP contribution in [-0.2, 0) is 10.0 Å². The van der Waals surface area contributed by atoms with Gasteiger partial charge in [-0.25, -0.2) is 13.1 Å². The Morgan fingerprint density at radius 3 is 2.43 bits per heavy atom. The highest BCUT2D eigenvalue weighted by atomic mass is 32.2. The summed E-state index contributed by atoms with van der Waals surface area (Å²) in [6, 6.07) is 3.83. The fourth-order valence-electron chi connectivity index (χ4n) is 2.59. The lowest BCUT2D eigenvalue weighted by molar-refractivity contribution is -0.880. The number of sulfonamides is 1. The van der Waals surface area contributed by atoms with Gasteiger partial charge in [-0.05, 0) is 26.0 Å². The van der Waals surface area contributed by atoms with E-state index in [0.29, 0.717) is 18.8 Å². The Morgan fingerprint density at radius 1 is 1.30 bits per heavy atom. The third-order valence-electron chi connectivity index (χ3n) is 3.80. The minimum absolute atomic E-state index is 0.0820. The molecular weight excluding hydrogens is 320 g/mol. The van der Waals surface area contributed by atoms with Gasteiger partial charge in [0.05, 0.1) is 43.0 Å². The van der Waals surface area contributed by atoms with Crippen LogP contribution in [-0.4, -0.2) is 52.6 Å². The first kappa shape index (κ1) is 17.6. The van der Waals surface area contributed by atoms with Crippen molar-refractivity contribution in [2.45, 2.75) is 24.8 Å². The molecule has 1 heterocycles. The first-order chi connectivity index (χ1) is 10.7. The van der Waals surface area contributed by atoms with Crippen LogP contribution in [0.25, 0.3) is 0 Å². The zero-order valence-corrected chi connectivity index (χ0v) is 14.4. The molecule has 0 radical (unpaired) electrons. The van der Waals surface area contributed by atoms with Crippen molar-refractivity contribution in [2.75, 3.05) is 38.1 Å². The summed E-state index contributed by atoms with van der Waals surface area (Å²) in [7, 11) is -1.67. The number of piperazine rings is 1. The quantitative estimate of drug-likeness (QED) is 0.561. The van der Waals surface area contributed by atoms with Gasteiger partial charge in [0.25, 0.3) is 5.69 Å². The Morgan fingerprint density at radius 2 is 1.91 bits per heavy atom. The standard InChI is InChI=1S/C14H22N4O4S/c1-11(2)15-23(21,22)12-4-5-13(14(10-12)18(19)20)17-8-6-16(3)7-9-17/h4-5,10-11,15H,6-9H2,1-3H3/p+1. The Labute approximate surface area is 136 Å². The van der Waals surface area contributed by atoms with Crippen LogP contribution >= 0.6 is 0 Å². The Bertz CT molecular complexity index is 682. The number of hydrogen-bond acceptors (Lipinski definition) is 5. The minimum Gasteiger partial charge on any atom is -0.355 e. The van der Waals surface area contributed by atoms with Gasteiger partial charge in [-0.2, -0.15) is 0 Å². The van der Waals surface area contributed by atoms with E-state index in [1.807, 2.05) is 4.90 Å². The fourth-order valence-corrected chi connectivity index (χ4v) is 3.86. The summed E-state index contributed by atoms with van der Waals surface area (Å²) >= 11 is 0.